The molecule has 53 heavy (non-hydrogen) atoms. The van der Waals surface area contributed by atoms with Gasteiger partial charge in [0.25, 0.3) is 17.7 Å². The Morgan fingerprint density at radius 1 is 1.02 bits per heavy atom. The average Bonchev–Trinajstić information content (AvgIpc) is 3.34. The lowest BCUT2D eigenvalue weighted by Gasteiger charge is -2.34. The van der Waals surface area contributed by atoms with Gasteiger partial charge in [0.05, 0.1) is 6.10 Å². The number of amides is 5. The Kier molecular flexibility index (Phi) is 17.9. The second kappa shape index (κ2) is 20.8. The van der Waals surface area contributed by atoms with Crippen LogP contribution in [-0.4, -0.2) is 127 Å². The minimum atomic E-state index is -2.53. The number of Topliss-reactive ketones (excluding diaryl/α,β-unsaturated/α-hetero) is 1. The van der Waals surface area contributed by atoms with E-state index in [-0.39, 0.29) is 37.1 Å². The molecule has 2 aliphatic rings. The van der Waals surface area contributed by atoms with Crippen molar-refractivity contribution in [3.05, 3.63) is 22.6 Å². The number of halogens is 3. The highest BCUT2D eigenvalue weighted by Gasteiger charge is 2.43. The number of hydrogen-bond donors (Lipinski definition) is 11. The number of alkyl halides is 2. The standard InChI is InChI=1S/C31H45Cl3N6O13/c1-11(2)23-21(28(47)38-16(10-32)26(45)37-15(30(49)50)8-13-19(53-23)9-18(42)22(13)43)40-27(46)20(17(41)5-4-6-35)39-25(44)14(7-12(3)24(33)34)36-29(48)31(51)52/h10-12,14-15,17-18,20-21,23-24,31,41-42,51-52H,4-9,35H2,1-3H3,(H,36,48)(H,37,45)(H,38,47)(H,39,44)(H,40,46)(H,49,50)/b16-10+/t12-,14-,15-,17+,18?,20-,21-,23-/m0/s1. The highest BCUT2D eigenvalue weighted by molar-refractivity contribution is 6.44. The number of hydrogen-bond acceptors (Lipinski definition) is 13. The molecule has 19 nitrogen and oxygen atoms in total. The SMILES string of the molecule is CC(C)[C@@H]1OC2=C(C[C@@H](C(=O)O)NC(=O)/C(=C\Cl)NC(=O)[C@H]1NC(=O)[C@@H](NC(=O)[C@H](C[C@H](C)C(Cl)Cl)NC(=O)C(O)O)[C@H](O)CCCN)C(=O)C(O)C2. The van der Waals surface area contributed by atoms with E-state index in [1.54, 1.807) is 13.8 Å². The molecule has 1 aliphatic carbocycles. The van der Waals surface area contributed by atoms with Gasteiger partial charge in [-0.15, -0.1) is 23.2 Å². The number of nitrogens with one attached hydrogen (secondary N) is 5. The number of aliphatic carboxylic acids is 1. The van der Waals surface area contributed by atoms with Gasteiger partial charge < -0.3 is 62.6 Å². The van der Waals surface area contributed by atoms with Crippen LogP contribution in [0.4, 0.5) is 0 Å². The van der Waals surface area contributed by atoms with Gasteiger partial charge in [0.1, 0.15) is 52.7 Å². The molecular weight excluding hydrogens is 771 g/mol. The summed E-state index contributed by atoms with van der Waals surface area (Å²) in [5.41, 5.74) is 5.26. The van der Waals surface area contributed by atoms with Crippen molar-refractivity contribution in [2.45, 2.75) is 106 Å². The first-order chi connectivity index (χ1) is 24.7. The first-order valence-electron chi connectivity index (χ1n) is 16.4. The molecule has 1 aliphatic heterocycles. The van der Waals surface area contributed by atoms with Crippen LogP contribution in [0.2, 0.25) is 0 Å². The van der Waals surface area contributed by atoms with Crippen molar-refractivity contribution in [1.82, 2.24) is 26.6 Å². The summed E-state index contributed by atoms with van der Waals surface area (Å²) in [6.07, 6.45) is -8.59. The fourth-order valence-electron chi connectivity index (χ4n) is 5.38. The van der Waals surface area contributed by atoms with E-state index in [4.69, 9.17) is 45.3 Å². The maximum Gasteiger partial charge on any atom is 0.326 e. The predicted octanol–water partition coefficient (Wildman–Crippen LogP) is -2.52. The molecule has 0 aromatic carbocycles. The predicted molar refractivity (Wildman–Crippen MR) is 186 cm³/mol. The number of carboxylic acids is 1. The van der Waals surface area contributed by atoms with Crippen LogP contribution in [0, 0.1) is 11.8 Å². The van der Waals surface area contributed by atoms with E-state index in [0.29, 0.717) is 5.54 Å². The summed E-state index contributed by atoms with van der Waals surface area (Å²) in [5, 5.41) is 61.0. The van der Waals surface area contributed by atoms with E-state index in [1.807, 2.05) is 0 Å². The Labute approximate surface area is 319 Å². The summed E-state index contributed by atoms with van der Waals surface area (Å²) < 4.78 is 6.09. The molecule has 0 radical (unpaired) electrons. The molecule has 0 bridgehead atoms. The number of aliphatic hydroxyl groups excluding tert-OH is 3. The van der Waals surface area contributed by atoms with E-state index < -0.39 is 125 Å². The third-order valence-corrected chi connectivity index (χ3v) is 9.44. The Hall–Kier alpha value is -3.56. The van der Waals surface area contributed by atoms with Crippen LogP contribution in [0.25, 0.3) is 0 Å². The van der Waals surface area contributed by atoms with Crippen LogP contribution in [0.5, 0.6) is 0 Å². The number of nitrogens with two attached hydrogens (primary N) is 1. The topological polar surface area (TPSA) is 316 Å². The lowest BCUT2D eigenvalue weighted by Crippen LogP contribution is -2.63. The second-order valence-electron chi connectivity index (χ2n) is 12.8. The fourth-order valence-corrected chi connectivity index (χ4v) is 5.74. The van der Waals surface area contributed by atoms with Crippen LogP contribution in [0.15, 0.2) is 22.6 Å². The van der Waals surface area contributed by atoms with Gasteiger partial charge in [0.2, 0.25) is 18.1 Å². The zero-order valence-corrected chi connectivity index (χ0v) is 31.2. The Morgan fingerprint density at radius 3 is 2.19 bits per heavy atom. The molecule has 8 atom stereocenters. The number of carbonyl (C=O) groups is 7. The molecule has 0 saturated carbocycles. The molecule has 1 heterocycles. The minimum Gasteiger partial charge on any atom is -0.491 e. The van der Waals surface area contributed by atoms with Gasteiger partial charge in [0, 0.05) is 23.9 Å². The summed E-state index contributed by atoms with van der Waals surface area (Å²) in [6, 6.07) is -6.97. The monoisotopic (exact) mass is 814 g/mol. The summed E-state index contributed by atoms with van der Waals surface area (Å²) >= 11 is 17.7. The van der Waals surface area contributed by atoms with Crippen molar-refractivity contribution in [3.63, 3.8) is 0 Å². The van der Waals surface area contributed by atoms with Gasteiger partial charge >= 0.3 is 5.97 Å². The van der Waals surface area contributed by atoms with E-state index in [2.05, 4.69) is 26.6 Å². The van der Waals surface area contributed by atoms with Crippen LogP contribution in [-0.2, 0) is 38.3 Å². The first-order valence-corrected chi connectivity index (χ1v) is 17.7. The highest BCUT2D eigenvalue weighted by atomic mass is 35.5. The van der Waals surface area contributed by atoms with E-state index >= 15 is 0 Å². The van der Waals surface area contributed by atoms with Gasteiger partial charge in [-0.1, -0.05) is 32.4 Å². The van der Waals surface area contributed by atoms with Gasteiger partial charge in [-0.3, -0.25) is 28.8 Å². The van der Waals surface area contributed by atoms with Gasteiger partial charge in [-0.25, -0.2) is 4.79 Å². The van der Waals surface area contributed by atoms with Crippen molar-refractivity contribution in [3.8, 4) is 0 Å². The molecule has 2 rings (SSSR count). The number of carbonyl (C=O) groups excluding carboxylic acids is 6. The van der Waals surface area contributed by atoms with Crippen LogP contribution < -0.4 is 32.3 Å². The normalized spacial score (nSPS) is 24.3. The van der Waals surface area contributed by atoms with Crippen LogP contribution in [0.3, 0.4) is 0 Å². The van der Waals surface area contributed by atoms with Crippen molar-refractivity contribution >= 4 is 76.1 Å². The number of rotatable bonds is 15. The molecule has 0 fully saturated rings. The summed E-state index contributed by atoms with van der Waals surface area (Å²) in [7, 11) is 0. The number of ether oxygens (including phenoxy) is 1. The number of ketones is 1. The molecule has 0 aromatic heterocycles. The molecule has 298 valence electrons. The smallest absolute Gasteiger partial charge is 0.326 e. The minimum absolute atomic E-state index is 0.0609. The number of aliphatic hydroxyl groups is 4. The van der Waals surface area contributed by atoms with Crippen molar-refractivity contribution in [1.29, 1.82) is 0 Å². The maximum absolute atomic E-state index is 14.0. The van der Waals surface area contributed by atoms with Crippen molar-refractivity contribution in [2.24, 2.45) is 17.6 Å². The van der Waals surface area contributed by atoms with Gasteiger partial charge in [0.15, 0.2) is 5.78 Å². The summed E-state index contributed by atoms with van der Waals surface area (Å²) in [5.74, 6) is -10.0. The molecule has 0 spiro atoms. The summed E-state index contributed by atoms with van der Waals surface area (Å²) in [6.45, 7) is 4.69. The van der Waals surface area contributed by atoms with Crippen molar-refractivity contribution < 1.29 is 63.8 Å². The Balaban J connectivity index is 2.64. The van der Waals surface area contributed by atoms with E-state index in [9.17, 15) is 59.1 Å². The summed E-state index contributed by atoms with van der Waals surface area (Å²) in [4.78, 5) is 90.5. The number of carboxylic acid groups (broad SMARTS) is 1. The molecule has 12 N–H and O–H groups in total. The lowest BCUT2D eigenvalue weighted by molar-refractivity contribution is -0.150. The van der Waals surface area contributed by atoms with Crippen LogP contribution >= 0.6 is 34.8 Å². The molecule has 1 unspecified atom stereocenters. The van der Waals surface area contributed by atoms with E-state index in [1.165, 1.54) is 6.92 Å². The molecule has 5 amide bonds. The largest absolute Gasteiger partial charge is 0.491 e. The second-order valence-corrected chi connectivity index (χ2v) is 14.2. The fraction of sp³-hybridized carbons (Fsp3) is 0.645. The van der Waals surface area contributed by atoms with Crippen LogP contribution in [0.1, 0.15) is 52.9 Å². The van der Waals surface area contributed by atoms with E-state index in [0.717, 1.165) is 0 Å². The van der Waals surface area contributed by atoms with Crippen molar-refractivity contribution in [2.75, 3.05) is 6.54 Å². The molecule has 0 saturated heterocycles. The highest BCUT2D eigenvalue weighted by Crippen LogP contribution is 2.31. The maximum atomic E-state index is 14.0. The lowest BCUT2D eigenvalue weighted by atomic mass is 9.96. The molecule has 0 aromatic rings. The first kappa shape index (κ1) is 45.6. The Morgan fingerprint density at radius 2 is 1.66 bits per heavy atom. The zero-order chi connectivity index (χ0) is 40.3. The van der Waals surface area contributed by atoms with Gasteiger partial charge in [-0.2, -0.15) is 0 Å². The third kappa shape index (κ3) is 12.8. The quantitative estimate of drug-likeness (QED) is 0.0462. The Bertz CT molecular complexity index is 1460. The van der Waals surface area contributed by atoms with Gasteiger partial charge in [-0.05, 0) is 37.6 Å². The molecular formula is C31H45Cl3N6O13. The molecule has 22 heteroatoms. The average molecular weight is 816 g/mol. The zero-order valence-electron chi connectivity index (χ0n) is 28.9. The third-order valence-electron chi connectivity index (χ3n) is 8.36.